The number of hydrogen-bond donors (Lipinski definition) is 0. The molecule has 0 radical (unpaired) electrons. The summed E-state index contributed by atoms with van der Waals surface area (Å²) in [5.74, 6) is -0.246. The predicted molar refractivity (Wildman–Crippen MR) is 72.9 cm³/mol. The van der Waals surface area contributed by atoms with E-state index in [2.05, 4.69) is 21.0 Å². The number of rotatable bonds is 2. The molecule has 3 aromatic rings. The normalized spacial score (nSPS) is 11.0. The number of nitrogens with zero attached hydrogens (tertiary/aromatic N) is 2. The highest BCUT2D eigenvalue weighted by atomic mass is 79.9. The van der Waals surface area contributed by atoms with Gasteiger partial charge in [-0.05, 0) is 39.7 Å². The van der Waals surface area contributed by atoms with Crippen molar-refractivity contribution in [3.05, 3.63) is 64.5 Å². The summed E-state index contributed by atoms with van der Waals surface area (Å²) in [6.07, 6.45) is 0. The Kier molecular flexibility index (Phi) is 2.88. The van der Waals surface area contributed by atoms with Crippen molar-refractivity contribution in [2.24, 2.45) is 0 Å². The van der Waals surface area contributed by atoms with Crippen LogP contribution in [-0.2, 0) is 6.54 Å². The van der Waals surface area contributed by atoms with Gasteiger partial charge in [0.05, 0.1) is 12.1 Å². The first-order valence-corrected chi connectivity index (χ1v) is 6.39. The first-order chi connectivity index (χ1) is 8.74. The molecule has 90 valence electrons. The van der Waals surface area contributed by atoms with Gasteiger partial charge in [-0.1, -0.05) is 30.3 Å². The van der Waals surface area contributed by atoms with Crippen molar-refractivity contribution in [1.82, 2.24) is 9.78 Å². The Bertz CT molecular complexity index is 692. The molecular weight excluding hydrogens is 295 g/mol. The van der Waals surface area contributed by atoms with Crippen LogP contribution >= 0.6 is 15.9 Å². The molecule has 0 bridgehead atoms. The maximum atomic E-state index is 13.3. The van der Waals surface area contributed by atoms with Crippen LogP contribution in [0.2, 0.25) is 0 Å². The fraction of sp³-hybridized carbons (Fsp3) is 0.0714. The third kappa shape index (κ3) is 2.04. The zero-order valence-corrected chi connectivity index (χ0v) is 11.1. The zero-order chi connectivity index (χ0) is 12.5. The van der Waals surface area contributed by atoms with Crippen molar-refractivity contribution < 1.29 is 4.39 Å². The van der Waals surface area contributed by atoms with Crippen molar-refractivity contribution in [1.29, 1.82) is 0 Å². The fourth-order valence-electron chi connectivity index (χ4n) is 1.98. The summed E-state index contributed by atoms with van der Waals surface area (Å²) in [5, 5.41) is 5.32. The van der Waals surface area contributed by atoms with Crippen molar-refractivity contribution in [2.45, 2.75) is 6.54 Å². The van der Waals surface area contributed by atoms with Gasteiger partial charge in [0.2, 0.25) is 0 Å². The van der Waals surface area contributed by atoms with Gasteiger partial charge in [-0.2, -0.15) is 5.10 Å². The minimum absolute atomic E-state index is 0.246. The number of fused-ring (bicyclic) bond motifs is 1. The highest BCUT2D eigenvalue weighted by Gasteiger charge is 2.09. The molecule has 0 aliphatic carbocycles. The molecule has 4 heteroatoms. The van der Waals surface area contributed by atoms with Crippen LogP contribution in [0, 0.1) is 5.82 Å². The molecule has 0 amide bonds. The molecule has 1 aromatic heterocycles. The molecule has 2 nitrogen and oxygen atoms in total. The molecule has 0 aliphatic heterocycles. The van der Waals surface area contributed by atoms with E-state index in [-0.39, 0.29) is 5.82 Å². The molecule has 0 saturated heterocycles. The van der Waals surface area contributed by atoms with Gasteiger partial charge in [-0.3, -0.25) is 4.68 Å². The molecule has 0 aliphatic rings. The molecule has 1 heterocycles. The minimum atomic E-state index is -0.246. The number of aromatic nitrogens is 2. The van der Waals surface area contributed by atoms with Crippen LogP contribution in [0.3, 0.4) is 0 Å². The van der Waals surface area contributed by atoms with E-state index >= 15 is 0 Å². The van der Waals surface area contributed by atoms with Crippen LogP contribution in [0.25, 0.3) is 10.9 Å². The monoisotopic (exact) mass is 304 g/mol. The Labute approximate surface area is 112 Å². The van der Waals surface area contributed by atoms with Crippen LogP contribution in [0.15, 0.2) is 53.1 Å². The third-order valence-electron chi connectivity index (χ3n) is 2.84. The molecule has 0 spiro atoms. The van der Waals surface area contributed by atoms with E-state index in [9.17, 15) is 4.39 Å². The van der Waals surface area contributed by atoms with Crippen molar-refractivity contribution in [3.63, 3.8) is 0 Å². The summed E-state index contributed by atoms with van der Waals surface area (Å²) in [6, 6.07) is 14.7. The van der Waals surface area contributed by atoms with Crippen LogP contribution in [-0.4, -0.2) is 9.78 Å². The quantitative estimate of drug-likeness (QED) is 0.700. The van der Waals surface area contributed by atoms with Gasteiger partial charge in [0, 0.05) is 5.39 Å². The van der Waals surface area contributed by atoms with Gasteiger partial charge in [0.15, 0.2) is 0 Å². The van der Waals surface area contributed by atoms with E-state index in [0.717, 1.165) is 21.1 Å². The van der Waals surface area contributed by atoms with E-state index in [4.69, 9.17) is 0 Å². The molecule has 0 fully saturated rings. The lowest BCUT2D eigenvalue weighted by Gasteiger charge is -2.03. The topological polar surface area (TPSA) is 17.8 Å². The highest BCUT2D eigenvalue weighted by Crippen LogP contribution is 2.24. The Morgan fingerprint density at radius 1 is 1.11 bits per heavy atom. The minimum Gasteiger partial charge on any atom is -0.259 e. The second-order valence-corrected chi connectivity index (χ2v) is 4.85. The summed E-state index contributed by atoms with van der Waals surface area (Å²) in [6.45, 7) is 0.631. The second kappa shape index (κ2) is 4.53. The van der Waals surface area contributed by atoms with Gasteiger partial charge in [-0.15, -0.1) is 0 Å². The lowest BCUT2D eigenvalue weighted by molar-refractivity contribution is 0.626. The summed E-state index contributed by atoms with van der Waals surface area (Å²) < 4.78 is 15.9. The molecule has 0 unspecified atom stereocenters. The summed E-state index contributed by atoms with van der Waals surface area (Å²) in [4.78, 5) is 0. The first-order valence-electron chi connectivity index (χ1n) is 5.59. The molecular formula is C14H10BrFN2. The van der Waals surface area contributed by atoms with Crippen molar-refractivity contribution in [3.8, 4) is 0 Å². The summed E-state index contributed by atoms with van der Waals surface area (Å²) in [5.41, 5.74) is 1.93. The molecule has 0 saturated carbocycles. The summed E-state index contributed by atoms with van der Waals surface area (Å²) >= 11 is 3.40. The van der Waals surface area contributed by atoms with Crippen LogP contribution in [0.5, 0.6) is 0 Å². The SMILES string of the molecule is Fc1ccc2c(Br)nn(Cc3ccccc3)c2c1. The van der Waals surface area contributed by atoms with E-state index in [1.165, 1.54) is 12.1 Å². The maximum Gasteiger partial charge on any atom is 0.136 e. The van der Waals surface area contributed by atoms with Crippen LogP contribution in [0.1, 0.15) is 5.56 Å². The van der Waals surface area contributed by atoms with E-state index in [0.29, 0.717) is 6.54 Å². The van der Waals surface area contributed by atoms with Crippen molar-refractivity contribution >= 4 is 26.8 Å². The molecule has 18 heavy (non-hydrogen) atoms. The lowest BCUT2D eigenvalue weighted by atomic mass is 10.2. The second-order valence-electron chi connectivity index (χ2n) is 4.10. The number of halogens is 2. The van der Waals surface area contributed by atoms with Gasteiger partial charge in [-0.25, -0.2) is 4.39 Å². The largest absolute Gasteiger partial charge is 0.259 e. The maximum absolute atomic E-state index is 13.3. The molecule has 0 N–H and O–H groups in total. The Morgan fingerprint density at radius 3 is 2.67 bits per heavy atom. The lowest BCUT2D eigenvalue weighted by Crippen LogP contribution is -2.01. The highest BCUT2D eigenvalue weighted by molar-refractivity contribution is 9.10. The standard InChI is InChI=1S/C14H10BrFN2/c15-14-12-7-6-11(16)8-13(12)18(17-14)9-10-4-2-1-3-5-10/h1-8H,9H2. The van der Waals surface area contributed by atoms with Crippen molar-refractivity contribution in [2.75, 3.05) is 0 Å². The third-order valence-corrected chi connectivity index (χ3v) is 3.43. The van der Waals surface area contributed by atoms with E-state index in [1.54, 1.807) is 10.7 Å². The first kappa shape index (κ1) is 11.4. The van der Waals surface area contributed by atoms with Crippen LogP contribution < -0.4 is 0 Å². The fourth-order valence-corrected chi connectivity index (χ4v) is 2.51. The molecule has 2 aromatic carbocycles. The number of hydrogen-bond acceptors (Lipinski definition) is 1. The Hall–Kier alpha value is -1.68. The number of benzene rings is 2. The summed E-state index contributed by atoms with van der Waals surface area (Å²) in [7, 11) is 0. The zero-order valence-electron chi connectivity index (χ0n) is 9.48. The Balaban J connectivity index is 2.09. The van der Waals surface area contributed by atoms with Gasteiger partial charge < -0.3 is 0 Å². The Morgan fingerprint density at radius 2 is 1.89 bits per heavy atom. The molecule has 3 rings (SSSR count). The van der Waals surface area contributed by atoms with Crippen LogP contribution in [0.4, 0.5) is 4.39 Å². The molecule has 0 atom stereocenters. The van der Waals surface area contributed by atoms with Gasteiger partial charge in [0.1, 0.15) is 10.4 Å². The average molecular weight is 305 g/mol. The average Bonchev–Trinajstić information content (AvgIpc) is 2.67. The smallest absolute Gasteiger partial charge is 0.136 e. The van der Waals surface area contributed by atoms with Gasteiger partial charge >= 0.3 is 0 Å². The van der Waals surface area contributed by atoms with Gasteiger partial charge in [0.25, 0.3) is 0 Å². The van der Waals surface area contributed by atoms with E-state index in [1.807, 2.05) is 30.3 Å². The predicted octanol–water partition coefficient (Wildman–Crippen LogP) is 3.99. The van der Waals surface area contributed by atoms with E-state index < -0.39 is 0 Å².